The molecule has 1 aliphatic rings. The van der Waals surface area contributed by atoms with E-state index in [0.29, 0.717) is 5.82 Å². The van der Waals surface area contributed by atoms with Gasteiger partial charge in [0.15, 0.2) is 0 Å². The summed E-state index contributed by atoms with van der Waals surface area (Å²) in [6.45, 7) is 0.891. The maximum absolute atomic E-state index is 11.3. The van der Waals surface area contributed by atoms with Gasteiger partial charge < -0.3 is 10.1 Å². The van der Waals surface area contributed by atoms with E-state index in [1.54, 1.807) is 12.3 Å². The van der Waals surface area contributed by atoms with Crippen molar-refractivity contribution in [1.29, 1.82) is 0 Å². The zero-order chi connectivity index (χ0) is 13.5. The van der Waals surface area contributed by atoms with Gasteiger partial charge in [0, 0.05) is 12.7 Å². The van der Waals surface area contributed by atoms with E-state index < -0.39 is 5.97 Å². The summed E-state index contributed by atoms with van der Waals surface area (Å²) in [7, 11) is 1.33. The lowest BCUT2D eigenvalue weighted by molar-refractivity contribution is 0.0587. The minimum Gasteiger partial charge on any atom is -0.463 e. The van der Waals surface area contributed by atoms with Gasteiger partial charge in [0.25, 0.3) is 0 Å². The molecule has 0 amide bonds. The Morgan fingerprint density at radius 1 is 1.42 bits per heavy atom. The molecule has 2 rings (SSSR count). The second-order valence-corrected chi connectivity index (χ2v) is 4.98. The first kappa shape index (κ1) is 13.8. The molecule has 0 saturated heterocycles. The topological polar surface area (TPSA) is 64.1 Å². The number of anilines is 1. The molecule has 19 heavy (non-hydrogen) atoms. The molecule has 1 aromatic rings. The summed E-state index contributed by atoms with van der Waals surface area (Å²) in [5.41, 5.74) is 0. The molecule has 1 aliphatic carbocycles. The second-order valence-electron chi connectivity index (χ2n) is 4.98. The van der Waals surface area contributed by atoms with Crippen LogP contribution >= 0.6 is 0 Å². The Morgan fingerprint density at radius 2 is 2.21 bits per heavy atom. The molecule has 1 fully saturated rings. The highest BCUT2D eigenvalue weighted by Crippen LogP contribution is 2.26. The van der Waals surface area contributed by atoms with Crippen LogP contribution in [0.15, 0.2) is 12.3 Å². The Bertz CT molecular complexity index is 417. The summed E-state index contributed by atoms with van der Waals surface area (Å²) in [5.74, 6) is 1.12. The van der Waals surface area contributed by atoms with Gasteiger partial charge in [0.05, 0.1) is 7.11 Å². The molecule has 1 saturated carbocycles. The first-order chi connectivity index (χ1) is 9.29. The van der Waals surface area contributed by atoms with E-state index in [0.717, 1.165) is 18.9 Å². The Hall–Kier alpha value is -1.65. The van der Waals surface area contributed by atoms with Gasteiger partial charge in [-0.2, -0.15) is 0 Å². The van der Waals surface area contributed by atoms with Crippen LogP contribution in [0.25, 0.3) is 0 Å². The van der Waals surface area contributed by atoms with Gasteiger partial charge in [-0.1, -0.05) is 32.1 Å². The Labute approximate surface area is 113 Å². The third-order valence-corrected chi connectivity index (χ3v) is 3.61. The van der Waals surface area contributed by atoms with Crippen LogP contribution in [0.2, 0.25) is 0 Å². The van der Waals surface area contributed by atoms with E-state index in [2.05, 4.69) is 20.0 Å². The first-order valence-corrected chi connectivity index (χ1v) is 6.95. The highest BCUT2D eigenvalue weighted by molar-refractivity contribution is 5.85. The number of hydrogen-bond donors (Lipinski definition) is 1. The average Bonchev–Trinajstić information content (AvgIpc) is 2.48. The van der Waals surface area contributed by atoms with E-state index in [1.165, 1.54) is 39.2 Å². The number of aromatic nitrogens is 2. The normalized spacial score (nSPS) is 16.1. The van der Waals surface area contributed by atoms with Crippen molar-refractivity contribution >= 4 is 11.8 Å². The van der Waals surface area contributed by atoms with Gasteiger partial charge in [-0.25, -0.2) is 14.8 Å². The Kier molecular flexibility index (Phi) is 5.12. The summed E-state index contributed by atoms with van der Waals surface area (Å²) in [4.78, 5) is 19.3. The van der Waals surface area contributed by atoms with Crippen LogP contribution in [0.1, 0.15) is 49.1 Å². The molecule has 1 heterocycles. The Morgan fingerprint density at radius 3 is 2.95 bits per heavy atom. The number of carbonyl (C=O) groups excluding carboxylic acids is 1. The summed E-state index contributed by atoms with van der Waals surface area (Å²) in [6.07, 6.45) is 9.55. The molecular formula is C14H21N3O2. The largest absolute Gasteiger partial charge is 0.463 e. The van der Waals surface area contributed by atoms with Gasteiger partial charge in [-0.3, -0.25) is 0 Å². The van der Waals surface area contributed by atoms with E-state index in [-0.39, 0.29) is 5.82 Å². The molecule has 0 radical (unpaired) electrons. The number of esters is 1. The van der Waals surface area contributed by atoms with E-state index in [4.69, 9.17) is 0 Å². The molecule has 0 unspecified atom stereocenters. The summed E-state index contributed by atoms with van der Waals surface area (Å²) in [6, 6.07) is 1.77. The fourth-order valence-electron chi connectivity index (χ4n) is 2.53. The second kappa shape index (κ2) is 7.07. The maximum Gasteiger partial charge on any atom is 0.376 e. The highest BCUT2D eigenvalue weighted by Gasteiger charge is 2.13. The molecule has 0 aliphatic heterocycles. The minimum atomic E-state index is -0.504. The zero-order valence-electron chi connectivity index (χ0n) is 11.4. The summed E-state index contributed by atoms with van der Waals surface area (Å²) in [5, 5.41) is 3.25. The smallest absolute Gasteiger partial charge is 0.376 e. The van der Waals surface area contributed by atoms with Crippen molar-refractivity contribution in [2.24, 2.45) is 5.92 Å². The van der Waals surface area contributed by atoms with Crippen molar-refractivity contribution in [3.8, 4) is 0 Å². The van der Waals surface area contributed by atoms with Gasteiger partial charge in [0.2, 0.25) is 5.82 Å². The Balaban J connectivity index is 1.80. The first-order valence-electron chi connectivity index (χ1n) is 6.95. The molecule has 5 nitrogen and oxygen atoms in total. The third-order valence-electron chi connectivity index (χ3n) is 3.61. The van der Waals surface area contributed by atoms with Crippen LogP contribution in [0, 0.1) is 5.92 Å². The number of methoxy groups -OCH3 is 1. The van der Waals surface area contributed by atoms with Gasteiger partial charge >= 0.3 is 5.97 Å². The lowest BCUT2D eigenvalue weighted by Crippen LogP contribution is -2.14. The number of nitrogens with one attached hydrogen (secondary N) is 1. The highest BCUT2D eigenvalue weighted by atomic mass is 16.5. The molecule has 1 N–H and O–H groups in total. The molecular weight excluding hydrogens is 242 g/mol. The number of hydrogen-bond acceptors (Lipinski definition) is 5. The number of ether oxygens (including phenoxy) is 1. The van der Waals surface area contributed by atoms with Crippen LogP contribution in [0.5, 0.6) is 0 Å². The third kappa shape index (κ3) is 4.19. The van der Waals surface area contributed by atoms with Crippen molar-refractivity contribution in [1.82, 2.24) is 9.97 Å². The molecule has 0 spiro atoms. The average molecular weight is 263 g/mol. The van der Waals surface area contributed by atoms with Gasteiger partial charge in [-0.15, -0.1) is 0 Å². The minimum absolute atomic E-state index is 0.102. The molecule has 104 valence electrons. The van der Waals surface area contributed by atoms with E-state index >= 15 is 0 Å². The predicted molar refractivity (Wildman–Crippen MR) is 73.1 cm³/mol. The summed E-state index contributed by atoms with van der Waals surface area (Å²) < 4.78 is 4.60. The SMILES string of the molecule is COC(=O)c1nccc(NCCC2CCCCC2)n1. The van der Waals surface area contributed by atoms with Crippen LogP contribution in [-0.2, 0) is 4.74 Å². The van der Waals surface area contributed by atoms with E-state index in [9.17, 15) is 4.79 Å². The monoisotopic (exact) mass is 263 g/mol. The number of rotatable bonds is 5. The molecule has 5 heteroatoms. The van der Waals surface area contributed by atoms with Gasteiger partial charge in [-0.05, 0) is 18.4 Å². The van der Waals surface area contributed by atoms with Crippen molar-refractivity contribution in [3.63, 3.8) is 0 Å². The number of nitrogens with zero attached hydrogens (tertiary/aromatic N) is 2. The van der Waals surface area contributed by atoms with E-state index in [1.807, 2.05) is 0 Å². The van der Waals surface area contributed by atoms with Crippen LogP contribution in [0.3, 0.4) is 0 Å². The molecule has 0 aromatic carbocycles. The lowest BCUT2D eigenvalue weighted by atomic mass is 9.87. The van der Waals surface area contributed by atoms with Crippen LogP contribution in [-0.4, -0.2) is 29.6 Å². The fraction of sp³-hybridized carbons (Fsp3) is 0.643. The van der Waals surface area contributed by atoms with Crippen molar-refractivity contribution in [3.05, 3.63) is 18.1 Å². The molecule has 0 atom stereocenters. The van der Waals surface area contributed by atoms with Crippen LogP contribution in [0.4, 0.5) is 5.82 Å². The quantitative estimate of drug-likeness (QED) is 0.827. The standard InChI is InChI=1S/C14H21N3O2/c1-19-14(18)13-16-10-8-12(17-13)15-9-7-11-5-3-2-4-6-11/h8,10-11H,2-7,9H2,1H3,(H,15,16,17). The fourth-order valence-corrected chi connectivity index (χ4v) is 2.53. The van der Waals surface area contributed by atoms with Crippen molar-refractivity contribution in [2.75, 3.05) is 19.0 Å². The maximum atomic E-state index is 11.3. The zero-order valence-corrected chi connectivity index (χ0v) is 11.4. The molecule has 1 aromatic heterocycles. The summed E-state index contributed by atoms with van der Waals surface area (Å²) >= 11 is 0. The van der Waals surface area contributed by atoms with Gasteiger partial charge in [0.1, 0.15) is 5.82 Å². The lowest BCUT2D eigenvalue weighted by Gasteiger charge is -2.21. The molecule has 0 bridgehead atoms. The van der Waals surface area contributed by atoms with Crippen molar-refractivity contribution in [2.45, 2.75) is 38.5 Å². The van der Waals surface area contributed by atoms with Crippen LogP contribution < -0.4 is 5.32 Å². The predicted octanol–water partition coefficient (Wildman–Crippen LogP) is 2.65. The number of carbonyl (C=O) groups is 1. The van der Waals surface area contributed by atoms with Crippen molar-refractivity contribution < 1.29 is 9.53 Å².